The first-order valence-corrected chi connectivity index (χ1v) is 15.3. The van der Waals surface area contributed by atoms with Gasteiger partial charge in [0.1, 0.15) is 5.60 Å². The Balaban J connectivity index is 1.52. The lowest BCUT2D eigenvalue weighted by molar-refractivity contribution is -0.126. The van der Waals surface area contributed by atoms with Crippen molar-refractivity contribution in [3.63, 3.8) is 0 Å². The highest BCUT2D eigenvalue weighted by Gasteiger charge is 2.52. The number of rotatable bonds is 9. The Morgan fingerprint density at radius 2 is 1.48 bits per heavy atom. The van der Waals surface area contributed by atoms with Gasteiger partial charge in [0, 0.05) is 34.4 Å². The number of aromatic amines is 1. The molecule has 1 heterocycles. The van der Waals surface area contributed by atoms with Crippen LogP contribution in [0.25, 0.3) is 22.0 Å². The highest BCUT2D eigenvalue weighted by molar-refractivity contribution is 5.97. The first-order chi connectivity index (χ1) is 21.7. The summed E-state index contributed by atoms with van der Waals surface area (Å²) in [7, 11) is 0. The van der Waals surface area contributed by atoms with Crippen molar-refractivity contribution in [1.82, 2.24) is 4.98 Å². The molecule has 2 unspecified atom stereocenters. The molecule has 0 aliphatic heterocycles. The summed E-state index contributed by atoms with van der Waals surface area (Å²) in [5.41, 5.74) is 15.2. The number of hydrogen-bond donors (Lipinski definition) is 4. The quantitative estimate of drug-likeness (QED) is 0.169. The van der Waals surface area contributed by atoms with E-state index in [1.807, 2.05) is 58.9 Å². The van der Waals surface area contributed by atoms with Crippen LogP contribution in [0.1, 0.15) is 63.1 Å². The zero-order valence-electron chi connectivity index (χ0n) is 26.7. The van der Waals surface area contributed by atoms with E-state index in [1.165, 1.54) is 6.07 Å². The van der Waals surface area contributed by atoms with Gasteiger partial charge >= 0.3 is 12.2 Å². The predicted molar refractivity (Wildman–Crippen MR) is 177 cm³/mol. The molecule has 10 heteroatoms. The van der Waals surface area contributed by atoms with Crippen LogP contribution in [0.3, 0.4) is 0 Å². The summed E-state index contributed by atoms with van der Waals surface area (Å²) in [4.78, 5) is 52.9. The van der Waals surface area contributed by atoms with Crippen molar-refractivity contribution in [3.05, 3.63) is 99.8 Å². The predicted octanol–water partition coefficient (Wildman–Crippen LogP) is 6.35. The number of aryl methyl sites for hydroxylation is 1. The maximum Gasteiger partial charge on any atom is 0.405 e. The molecular formula is C36H40N4O6. The van der Waals surface area contributed by atoms with Crippen molar-refractivity contribution in [3.8, 4) is 11.1 Å². The average Bonchev–Trinajstić information content (AvgIpc) is 3.29. The third-order valence-corrected chi connectivity index (χ3v) is 9.40. The van der Waals surface area contributed by atoms with Crippen LogP contribution in [-0.2, 0) is 14.3 Å². The maximum atomic E-state index is 13.7. The molecule has 1 aliphatic rings. The molecule has 0 saturated heterocycles. The summed E-state index contributed by atoms with van der Waals surface area (Å²) in [6.45, 7) is 9.63. The number of nitrogens with two attached hydrogens (primary N) is 2. The molecule has 1 aromatic heterocycles. The SMILES string of the molecule is Cc1cc(=O)[nH]c2cc(NC(=O)[C@H](CCC(C3c4ccccc4-c4ccccc43)C(C)(OC(N)=O)C(C)(C)C)OC(N)=O)ccc12. The topological polar surface area (TPSA) is 167 Å². The Morgan fingerprint density at radius 1 is 0.870 bits per heavy atom. The Kier molecular flexibility index (Phi) is 8.66. The van der Waals surface area contributed by atoms with E-state index >= 15 is 0 Å². The third kappa shape index (κ3) is 6.20. The van der Waals surface area contributed by atoms with Crippen LogP contribution >= 0.6 is 0 Å². The number of hydrogen-bond acceptors (Lipinski definition) is 6. The molecule has 1 aliphatic carbocycles. The fourth-order valence-corrected chi connectivity index (χ4v) is 6.83. The lowest BCUT2D eigenvalue weighted by Crippen LogP contribution is -2.53. The molecule has 0 spiro atoms. The highest BCUT2D eigenvalue weighted by Crippen LogP contribution is 2.55. The normalized spacial score (nSPS) is 15.2. The molecule has 5 rings (SSSR count). The van der Waals surface area contributed by atoms with Crippen LogP contribution in [0.4, 0.5) is 15.3 Å². The number of benzene rings is 3. The largest absolute Gasteiger partial charge is 0.443 e. The Bertz CT molecular complexity index is 1830. The van der Waals surface area contributed by atoms with Gasteiger partial charge in [-0.15, -0.1) is 0 Å². The van der Waals surface area contributed by atoms with Gasteiger partial charge in [-0.3, -0.25) is 9.59 Å². The van der Waals surface area contributed by atoms with E-state index in [1.54, 1.807) is 18.2 Å². The van der Waals surface area contributed by atoms with Crippen LogP contribution in [0.2, 0.25) is 0 Å². The number of carbonyl (C=O) groups excluding carboxylic acids is 3. The van der Waals surface area contributed by atoms with Crippen LogP contribution in [-0.4, -0.2) is 34.8 Å². The fourth-order valence-electron chi connectivity index (χ4n) is 6.83. The van der Waals surface area contributed by atoms with Crippen molar-refractivity contribution in [1.29, 1.82) is 0 Å². The molecular weight excluding hydrogens is 584 g/mol. The second-order valence-electron chi connectivity index (χ2n) is 13.1. The van der Waals surface area contributed by atoms with Gasteiger partial charge in [-0.25, -0.2) is 9.59 Å². The number of ether oxygens (including phenoxy) is 2. The number of aromatic nitrogens is 1. The number of pyridine rings is 1. The Hall–Kier alpha value is -5.12. The van der Waals surface area contributed by atoms with Crippen LogP contribution in [0.5, 0.6) is 0 Å². The second kappa shape index (κ2) is 12.3. The minimum Gasteiger partial charge on any atom is -0.443 e. The zero-order chi connectivity index (χ0) is 33.4. The Morgan fingerprint density at radius 3 is 2.04 bits per heavy atom. The van der Waals surface area contributed by atoms with E-state index in [0.717, 1.165) is 33.2 Å². The number of H-pyrrole nitrogens is 1. The zero-order valence-corrected chi connectivity index (χ0v) is 26.7. The van der Waals surface area contributed by atoms with Crippen molar-refractivity contribution in [2.24, 2.45) is 22.8 Å². The molecule has 3 aromatic carbocycles. The van der Waals surface area contributed by atoms with Crippen LogP contribution in [0.15, 0.2) is 77.6 Å². The molecule has 46 heavy (non-hydrogen) atoms. The van der Waals surface area contributed by atoms with E-state index in [4.69, 9.17) is 20.9 Å². The fraction of sp³-hybridized carbons (Fsp3) is 0.333. The lowest BCUT2D eigenvalue weighted by Gasteiger charge is -2.49. The summed E-state index contributed by atoms with van der Waals surface area (Å²) < 4.78 is 11.4. The molecule has 10 nitrogen and oxygen atoms in total. The number of carbonyl (C=O) groups is 3. The van der Waals surface area contributed by atoms with Gasteiger partial charge in [0.05, 0.1) is 5.52 Å². The molecule has 240 valence electrons. The summed E-state index contributed by atoms with van der Waals surface area (Å²) >= 11 is 0. The minimum absolute atomic E-state index is 0.0671. The number of fused-ring (bicyclic) bond motifs is 4. The average molecular weight is 625 g/mol. The minimum atomic E-state index is -1.27. The van der Waals surface area contributed by atoms with Gasteiger partial charge in [0.15, 0.2) is 6.10 Å². The molecule has 0 bridgehead atoms. The standard InChI is InChI=1S/C36H40N4O6/c1-20-18-30(41)40-28-19-21(14-15-22(20)28)39-32(42)29(45-33(37)43)17-16-27(36(5,35(2,3)4)46-34(38)44)31-25-12-8-6-10-23(25)24-11-7-9-13-26(24)31/h6-15,18-19,27,29,31H,16-17H2,1-5H3,(H2,37,43)(H2,38,44)(H,39,42)(H,40,41)/t27?,29-,36?/m0/s1. The van der Waals surface area contributed by atoms with Crippen molar-refractivity contribution < 1.29 is 23.9 Å². The summed E-state index contributed by atoms with van der Waals surface area (Å²) in [6, 6.07) is 22.8. The Labute approximate surface area is 267 Å². The molecule has 6 N–H and O–H groups in total. The summed E-state index contributed by atoms with van der Waals surface area (Å²) in [5.74, 6) is -1.23. The second-order valence-corrected chi connectivity index (χ2v) is 13.1. The number of anilines is 1. The van der Waals surface area contributed by atoms with Crippen molar-refractivity contribution in [2.75, 3.05) is 5.32 Å². The molecule has 3 atom stereocenters. The first kappa shape index (κ1) is 32.3. The number of nitrogens with one attached hydrogen (secondary N) is 2. The first-order valence-electron chi connectivity index (χ1n) is 15.3. The summed E-state index contributed by atoms with van der Waals surface area (Å²) in [6.07, 6.45) is -2.91. The molecule has 4 aromatic rings. The van der Waals surface area contributed by atoms with E-state index in [9.17, 15) is 19.2 Å². The van der Waals surface area contributed by atoms with Gasteiger partial charge in [0.2, 0.25) is 5.56 Å². The maximum absolute atomic E-state index is 13.7. The van der Waals surface area contributed by atoms with E-state index < -0.39 is 41.1 Å². The molecule has 0 fully saturated rings. The van der Waals surface area contributed by atoms with Gasteiger partial charge in [-0.1, -0.05) is 75.4 Å². The van der Waals surface area contributed by atoms with E-state index in [2.05, 4.69) is 34.6 Å². The number of amides is 3. The molecule has 0 radical (unpaired) electrons. The lowest BCUT2D eigenvalue weighted by atomic mass is 9.62. The summed E-state index contributed by atoms with van der Waals surface area (Å²) in [5, 5.41) is 3.64. The van der Waals surface area contributed by atoms with Gasteiger partial charge in [0.25, 0.3) is 5.91 Å². The number of primary amides is 2. The molecule has 0 saturated carbocycles. The van der Waals surface area contributed by atoms with E-state index in [-0.39, 0.29) is 17.9 Å². The van der Waals surface area contributed by atoms with Crippen molar-refractivity contribution in [2.45, 2.75) is 65.1 Å². The van der Waals surface area contributed by atoms with Crippen LogP contribution < -0.4 is 22.3 Å². The highest BCUT2D eigenvalue weighted by atomic mass is 16.6. The molecule has 3 amide bonds. The monoisotopic (exact) mass is 624 g/mol. The smallest absolute Gasteiger partial charge is 0.405 e. The van der Waals surface area contributed by atoms with Crippen molar-refractivity contribution >= 4 is 34.7 Å². The van der Waals surface area contributed by atoms with Gasteiger partial charge in [-0.2, -0.15) is 0 Å². The van der Waals surface area contributed by atoms with Crippen LogP contribution in [0, 0.1) is 18.3 Å². The third-order valence-electron chi connectivity index (χ3n) is 9.40. The van der Waals surface area contributed by atoms with Gasteiger partial charge < -0.3 is 31.2 Å². The van der Waals surface area contributed by atoms with E-state index in [0.29, 0.717) is 17.6 Å². The van der Waals surface area contributed by atoms with Gasteiger partial charge in [-0.05, 0) is 66.6 Å².